The summed E-state index contributed by atoms with van der Waals surface area (Å²) in [5.74, 6) is -0.222. The van der Waals surface area contributed by atoms with Crippen molar-refractivity contribution in [2.75, 3.05) is 18.9 Å². The number of ether oxygens (including phenoxy) is 1. The molecule has 2 bridgehead atoms. The Bertz CT molecular complexity index is 2010. The van der Waals surface area contributed by atoms with Crippen LogP contribution in [0.15, 0.2) is 28.6 Å². The normalized spacial score (nSPS) is 37.7. The van der Waals surface area contributed by atoms with Gasteiger partial charge in [-0.3, -0.25) is 41.8 Å². The molecule has 7 heterocycles. The van der Waals surface area contributed by atoms with E-state index in [0.29, 0.717) is 0 Å². The smallest absolute Gasteiger partial charge is 0.389 e. The lowest BCUT2D eigenvalue weighted by atomic mass is 10.1. The maximum Gasteiger partial charge on any atom is 0.472 e. The standard InChI is InChI=1S/C20H22FN9O11P2S2/c21-8-12-6(39-18(8)29-4-25-9-14(29)23-3-24-16(9)32)1-38-43(36,44)41-13-11(31)7(2-37-42(34,35)40-12)45-19(13)30-5-26-10-15(30)27-20(22)28-17(10)33/h3-8,11-13,18-19,31H,1-2H2,(H,34,35)(H,36,44)(H,23,24,32)(H3,22,27,28,33)/t6-,7-,8+,11-,12-,13-,18-,19-,43?/m1/s1. The number of imidazole rings is 2. The minimum absolute atomic E-state index is 0.00838. The second-order valence-electron chi connectivity index (χ2n) is 10.1. The van der Waals surface area contributed by atoms with Crippen molar-refractivity contribution in [2.45, 2.75) is 47.4 Å². The lowest BCUT2D eigenvalue weighted by molar-refractivity contribution is -0.0442. The molecule has 25 heteroatoms. The van der Waals surface area contributed by atoms with E-state index in [1.807, 2.05) is 0 Å². The van der Waals surface area contributed by atoms with Gasteiger partial charge in [-0.15, -0.1) is 11.8 Å². The van der Waals surface area contributed by atoms with Gasteiger partial charge in [0.15, 0.2) is 34.7 Å². The summed E-state index contributed by atoms with van der Waals surface area (Å²) in [5.41, 5.74) is 4.22. The molecule has 242 valence electrons. The minimum atomic E-state index is -5.06. The fourth-order valence-electron chi connectivity index (χ4n) is 5.25. The molecule has 0 aromatic carbocycles. The average molecular weight is 710 g/mol. The number of fused-ring (bicyclic) bond motifs is 5. The highest BCUT2D eigenvalue weighted by Crippen LogP contribution is 2.60. The molecule has 3 fully saturated rings. The molecule has 2 unspecified atom stereocenters. The van der Waals surface area contributed by atoms with Gasteiger partial charge in [-0.1, -0.05) is 12.2 Å². The number of hydrogen-bond donors (Lipinski definition) is 6. The number of aromatic nitrogens is 8. The molecule has 0 radical (unpaired) electrons. The molecule has 6 N–H and O–H groups in total. The number of rotatable bonds is 2. The number of aromatic amines is 2. The number of thiol groups is 1. The number of H-pyrrole nitrogens is 2. The zero-order chi connectivity index (χ0) is 31.8. The van der Waals surface area contributed by atoms with Crippen molar-refractivity contribution in [1.82, 2.24) is 39.0 Å². The predicted molar refractivity (Wildman–Crippen MR) is 154 cm³/mol. The highest BCUT2D eigenvalue weighted by atomic mass is 32.7. The van der Waals surface area contributed by atoms with Gasteiger partial charge in [0.1, 0.15) is 23.7 Å². The Morgan fingerprint density at radius 2 is 1.78 bits per heavy atom. The van der Waals surface area contributed by atoms with Gasteiger partial charge in [-0.05, 0) is 0 Å². The van der Waals surface area contributed by atoms with Crippen LogP contribution < -0.4 is 16.9 Å². The quantitative estimate of drug-likeness (QED) is 0.118. The Labute approximate surface area is 258 Å². The average Bonchev–Trinajstić information content (AvgIpc) is 3.72. The first-order valence-electron chi connectivity index (χ1n) is 12.9. The molecule has 0 saturated carbocycles. The van der Waals surface area contributed by atoms with Crippen molar-refractivity contribution in [3.8, 4) is 0 Å². The van der Waals surface area contributed by atoms with Crippen LogP contribution in [0.3, 0.4) is 0 Å². The van der Waals surface area contributed by atoms with Crippen LogP contribution in [0.5, 0.6) is 0 Å². The van der Waals surface area contributed by atoms with Gasteiger partial charge in [-0.2, -0.15) is 4.98 Å². The van der Waals surface area contributed by atoms with E-state index in [2.05, 4.69) is 42.2 Å². The highest BCUT2D eigenvalue weighted by molar-refractivity contribution is 8.44. The van der Waals surface area contributed by atoms with Crippen LogP contribution in [0.2, 0.25) is 0 Å². The van der Waals surface area contributed by atoms with Crippen molar-refractivity contribution in [1.29, 1.82) is 0 Å². The molecule has 0 amide bonds. The number of phosphoric ester groups is 1. The molecule has 10 atom stereocenters. The Morgan fingerprint density at radius 1 is 1.04 bits per heavy atom. The molecular formula is C20H22FN9O11P2S2. The third-order valence-electron chi connectivity index (χ3n) is 7.26. The van der Waals surface area contributed by atoms with Crippen LogP contribution in [0.1, 0.15) is 11.6 Å². The molecule has 20 nitrogen and oxygen atoms in total. The van der Waals surface area contributed by atoms with Crippen LogP contribution in [0, 0.1) is 0 Å². The Kier molecular flexibility index (Phi) is 7.72. The molecule has 4 aromatic rings. The number of hydrogen-bond acceptors (Lipinski definition) is 16. The summed E-state index contributed by atoms with van der Waals surface area (Å²) in [7, 11) is -5.06. The van der Waals surface area contributed by atoms with E-state index in [4.69, 9.17) is 28.6 Å². The molecule has 0 aliphatic carbocycles. The molecule has 7 rings (SSSR count). The molecule has 4 aromatic heterocycles. The fraction of sp³-hybridized carbons (Fsp3) is 0.500. The van der Waals surface area contributed by atoms with Crippen molar-refractivity contribution in [2.24, 2.45) is 0 Å². The third kappa shape index (κ3) is 5.54. The number of nitrogen functional groups attached to an aromatic ring is 1. The summed E-state index contributed by atoms with van der Waals surface area (Å²) in [6.45, 7) is -5.79. The van der Waals surface area contributed by atoms with Crippen LogP contribution in [0.4, 0.5) is 10.3 Å². The Balaban J connectivity index is 1.21. The van der Waals surface area contributed by atoms with Crippen LogP contribution in [0.25, 0.3) is 22.3 Å². The number of alkyl halides is 1. The zero-order valence-electron chi connectivity index (χ0n) is 22.2. The van der Waals surface area contributed by atoms with E-state index in [-0.39, 0.29) is 28.3 Å². The van der Waals surface area contributed by atoms with Crippen molar-refractivity contribution in [3.63, 3.8) is 0 Å². The second-order valence-corrected chi connectivity index (χ2v) is 15.7. The van der Waals surface area contributed by atoms with E-state index in [9.17, 15) is 28.7 Å². The highest BCUT2D eigenvalue weighted by Gasteiger charge is 2.54. The third-order valence-corrected chi connectivity index (χ3v) is 11.4. The fourth-order valence-corrected chi connectivity index (χ4v) is 9.35. The number of nitrogens with two attached hydrogens (primary N) is 1. The number of phosphoric acid groups is 1. The number of thioether (sulfide) groups is 1. The van der Waals surface area contributed by atoms with E-state index in [1.165, 1.54) is 10.9 Å². The maximum atomic E-state index is 15.9. The summed E-state index contributed by atoms with van der Waals surface area (Å²) in [6.07, 6.45) is -6.59. The van der Waals surface area contributed by atoms with E-state index < -0.39 is 86.4 Å². The van der Waals surface area contributed by atoms with Gasteiger partial charge in [-0.25, -0.2) is 28.5 Å². The SMILES string of the molecule is Nc1nc2c(ncn2[C@@H]2S[C@@H]3COP(=O)(O)O[C@H]4[C@H](F)[C@H](n5cnc6c(=O)[nH]cnc65)O[C@@H]4COP(=O)(S)O[C@@H]2[C@@H]3O)c(=O)[nH]1. The van der Waals surface area contributed by atoms with Crippen LogP contribution in [-0.2, 0) is 32.0 Å². The van der Waals surface area contributed by atoms with Crippen molar-refractivity contribution in [3.05, 3.63) is 39.7 Å². The van der Waals surface area contributed by atoms with E-state index in [0.717, 1.165) is 29.0 Å². The molecular weight excluding hydrogens is 687 g/mol. The summed E-state index contributed by atoms with van der Waals surface area (Å²) >= 11 is 4.98. The minimum Gasteiger partial charge on any atom is -0.389 e. The molecule has 45 heavy (non-hydrogen) atoms. The number of nitrogens with zero attached hydrogens (tertiary/aromatic N) is 6. The molecule has 3 aliphatic rings. The monoisotopic (exact) mass is 709 g/mol. The first-order valence-corrected chi connectivity index (χ1v) is 18.0. The molecule has 3 saturated heterocycles. The topological polar surface area (TPSA) is 274 Å². The first-order chi connectivity index (χ1) is 21.3. The van der Waals surface area contributed by atoms with Gasteiger partial charge in [0.05, 0.1) is 43.5 Å². The Hall–Kier alpha value is -2.69. The summed E-state index contributed by atoms with van der Waals surface area (Å²) in [5, 5.41) is 9.12. The second kappa shape index (κ2) is 11.2. The largest absolute Gasteiger partial charge is 0.472 e. The van der Waals surface area contributed by atoms with Gasteiger partial charge in [0.2, 0.25) is 5.95 Å². The lowest BCUT2D eigenvalue weighted by Gasteiger charge is -2.26. The number of halogens is 1. The predicted octanol–water partition coefficient (Wildman–Crippen LogP) is 0.000900. The summed E-state index contributed by atoms with van der Waals surface area (Å²) in [4.78, 5) is 55.7. The maximum absolute atomic E-state index is 15.9. The van der Waals surface area contributed by atoms with Gasteiger partial charge < -0.3 is 25.5 Å². The van der Waals surface area contributed by atoms with Crippen LogP contribution in [-0.4, -0.2) is 98.1 Å². The summed E-state index contributed by atoms with van der Waals surface area (Å²) in [6, 6.07) is 0. The number of aliphatic hydroxyl groups excluding tert-OH is 1. The van der Waals surface area contributed by atoms with E-state index in [1.54, 1.807) is 0 Å². The van der Waals surface area contributed by atoms with Gasteiger partial charge in [0, 0.05) is 0 Å². The first kappa shape index (κ1) is 30.9. The Morgan fingerprint density at radius 3 is 2.56 bits per heavy atom. The van der Waals surface area contributed by atoms with Crippen LogP contribution >= 0.6 is 38.6 Å². The number of nitrogens with one attached hydrogen (secondary N) is 2. The van der Waals surface area contributed by atoms with E-state index >= 15 is 4.39 Å². The zero-order valence-corrected chi connectivity index (χ0v) is 25.7. The van der Waals surface area contributed by atoms with Gasteiger partial charge >= 0.3 is 14.6 Å². The molecule has 3 aliphatic heterocycles. The lowest BCUT2D eigenvalue weighted by Crippen LogP contribution is -2.35. The van der Waals surface area contributed by atoms with Crippen molar-refractivity contribution < 1.29 is 46.4 Å². The number of aliphatic hydroxyl groups is 1. The summed E-state index contributed by atoms with van der Waals surface area (Å²) < 4.78 is 72.1. The van der Waals surface area contributed by atoms with Crippen molar-refractivity contribution >= 4 is 66.9 Å². The number of anilines is 1. The van der Waals surface area contributed by atoms with Gasteiger partial charge in [0.25, 0.3) is 11.1 Å². The molecule has 0 spiro atoms.